The maximum Gasteiger partial charge on any atom is 0.335 e. The van der Waals surface area contributed by atoms with Crippen molar-refractivity contribution in [2.75, 3.05) is 11.9 Å². The lowest BCUT2D eigenvalue weighted by Crippen LogP contribution is -2.12. The Morgan fingerprint density at radius 1 is 1.05 bits per heavy atom. The monoisotopic (exact) mass is 257 g/mol. The van der Waals surface area contributed by atoms with Gasteiger partial charge < -0.3 is 15.5 Å². The summed E-state index contributed by atoms with van der Waals surface area (Å²) < 4.78 is 0. The van der Waals surface area contributed by atoms with Crippen LogP contribution in [0.1, 0.15) is 22.0 Å². The van der Waals surface area contributed by atoms with E-state index in [9.17, 15) is 9.90 Å². The maximum absolute atomic E-state index is 10.7. The van der Waals surface area contributed by atoms with E-state index < -0.39 is 12.1 Å². The quantitative estimate of drug-likeness (QED) is 0.769. The molecule has 2 aromatic carbocycles. The molecule has 2 aromatic rings. The fourth-order valence-electron chi connectivity index (χ4n) is 1.74. The van der Waals surface area contributed by atoms with E-state index in [0.29, 0.717) is 6.54 Å². The number of benzene rings is 2. The summed E-state index contributed by atoms with van der Waals surface area (Å²) in [6, 6.07) is 15.8. The first-order valence-electron chi connectivity index (χ1n) is 5.97. The summed E-state index contributed by atoms with van der Waals surface area (Å²) in [7, 11) is 0. The van der Waals surface area contributed by atoms with Crippen LogP contribution in [0, 0.1) is 0 Å². The lowest BCUT2D eigenvalue weighted by molar-refractivity contribution is 0.0697. The number of carboxylic acid groups (broad SMARTS) is 1. The number of nitrogens with one attached hydrogen (secondary N) is 1. The van der Waals surface area contributed by atoms with Gasteiger partial charge in [-0.25, -0.2) is 4.79 Å². The number of aliphatic hydroxyl groups is 1. The summed E-state index contributed by atoms with van der Waals surface area (Å²) in [5.41, 5.74) is 1.87. The molecule has 98 valence electrons. The van der Waals surface area contributed by atoms with Crippen molar-refractivity contribution in [3.63, 3.8) is 0 Å². The number of hydrogen-bond donors (Lipinski definition) is 3. The molecule has 0 heterocycles. The number of aromatic carboxylic acids is 1. The van der Waals surface area contributed by atoms with Gasteiger partial charge >= 0.3 is 5.97 Å². The van der Waals surface area contributed by atoms with E-state index in [1.165, 1.54) is 12.1 Å². The van der Waals surface area contributed by atoms with Crippen LogP contribution in [0.4, 0.5) is 5.69 Å². The second-order valence-electron chi connectivity index (χ2n) is 4.19. The highest BCUT2D eigenvalue weighted by atomic mass is 16.4. The molecule has 0 fully saturated rings. The van der Waals surface area contributed by atoms with Crippen LogP contribution in [-0.2, 0) is 0 Å². The molecule has 4 nitrogen and oxygen atoms in total. The third kappa shape index (κ3) is 3.56. The van der Waals surface area contributed by atoms with E-state index >= 15 is 0 Å². The van der Waals surface area contributed by atoms with Crippen LogP contribution < -0.4 is 5.32 Å². The standard InChI is InChI=1S/C15H15NO3/c17-14(11-4-2-1-3-5-11)10-16-13-8-6-12(7-9-13)15(18)19/h1-9,14,16-17H,10H2,(H,18,19). The Morgan fingerprint density at radius 3 is 2.26 bits per heavy atom. The smallest absolute Gasteiger partial charge is 0.335 e. The van der Waals surface area contributed by atoms with Crippen molar-refractivity contribution in [1.82, 2.24) is 0 Å². The van der Waals surface area contributed by atoms with Crippen molar-refractivity contribution >= 4 is 11.7 Å². The van der Waals surface area contributed by atoms with Gasteiger partial charge in [-0.3, -0.25) is 0 Å². The summed E-state index contributed by atoms with van der Waals surface area (Å²) in [4.78, 5) is 10.7. The van der Waals surface area contributed by atoms with Crippen LogP contribution in [0.3, 0.4) is 0 Å². The summed E-state index contributed by atoms with van der Waals surface area (Å²) in [6.45, 7) is 0.371. The van der Waals surface area contributed by atoms with Crippen LogP contribution in [0.25, 0.3) is 0 Å². The molecule has 0 bridgehead atoms. The predicted octanol–water partition coefficient (Wildman–Crippen LogP) is 2.53. The minimum atomic E-state index is -0.948. The van der Waals surface area contributed by atoms with Crippen molar-refractivity contribution in [2.45, 2.75) is 6.10 Å². The molecule has 2 rings (SSSR count). The number of carbonyl (C=O) groups is 1. The molecule has 0 aromatic heterocycles. The predicted molar refractivity (Wildman–Crippen MR) is 73.3 cm³/mol. The summed E-state index contributed by atoms with van der Waals surface area (Å²) in [5.74, 6) is -0.948. The lowest BCUT2D eigenvalue weighted by Gasteiger charge is -2.13. The second-order valence-corrected chi connectivity index (χ2v) is 4.19. The van der Waals surface area contributed by atoms with Crippen LogP contribution in [0.2, 0.25) is 0 Å². The minimum absolute atomic E-state index is 0.245. The minimum Gasteiger partial charge on any atom is -0.478 e. The molecule has 4 heteroatoms. The normalized spacial score (nSPS) is 11.8. The third-order valence-electron chi connectivity index (χ3n) is 2.82. The van der Waals surface area contributed by atoms with Gasteiger partial charge in [0.15, 0.2) is 0 Å². The fourth-order valence-corrected chi connectivity index (χ4v) is 1.74. The van der Waals surface area contributed by atoms with Gasteiger partial charge in [0.1, 0.15) is 0 Å². The largest absolute Gasteiger partial charge is 0.478 e. The van der Waals surface area contributed by atoms with Crippen molar-refractivity contribution in [1.29, 1.82) is 0 Å². The van der Waals surface area contributed by atoms with Crippen LogP contribution in [0.5, 0.6) is 0 Å². The summed E-state index contributed by atoms with van der Waals surface area (Å²) in [6.07, 6.45) is -0.597. The summed E-state index contributed by atoms with van der Waals surface area (Å²) >= 11 is 0. The van der Waals surface area contributed by atoms with Gasteiger partial charge in [-0.1, -0.05) is 30.3 Å². The fraction of sp³-hybridized carbons (Fsp3) is 0.133. The Bertz CT molecular complexity index is 537. The molecule has 1 atom stereocenters. The average molecular weight is 257 g/mol. The molecule has 0 saturated heterocycles. The molecule has 0 saturated carbocycles. The number of hydrogen-bond acceptors (Lipinski definition) is 3. The Morgan fingerprint density at radius 2 is 1.68 bits per heavy atom. The Labute approximate surface area is 111 Å². The highest BCUT2D eigenvalue weighted by molar-refractivity contribution is 5.87. The van der Waals surface area contributed by atoms with E-state index in [1.54, 1.807) is 12.1 Å². The Hall–Kier alpha value is -2.33. The maximum atomic E-state index is 10.7. The molecule has 0 aliphatic rings. The molecular weight excluding hydrogens is 242 g/mol. The van der Waals surface area contributed by atoms with Gasteiger partial charge in [-0.15, -0.1) is 0 Å². The molecule has 0 radical (unpaired) electrons. The van der Waals surface area contributed by atoms with Gasteiger partial charge in [-0.05, 0) is 29.8 Å². The van der Waals surface area contributed by atoms with Crippen molar-refractivity contribution < 1.29 is 15.0 Å². The van der Waals surface area contributed by atoms with Crippen LogP contribution >= 0.6 is 0 Å². The highest BCUT2D eigenvalue weighted by Crippen LogP contribution is 2.14. The van der Waals surface area contributed by atoms with Crippen LogP contribution in [0.15, 0.2) is 54.6 Å². The number of anilines is 1. The number of rotatable bonds is 5. The molecule has 0 aliphatic heterocycles. The molecule has 0 amide bonds. The first kappa shape index (κ1) is 13.1. The average Bonchev–Trinajstić information content (AvgIpc) is 2.46. The number of carboxylic acids is 1. The van der Waals surface area contributed by atoms with E-state index in [2.05, 4.69) is 5.32 Å². The van der Waals surface area contributed by atoms with E-state index in [0.717, 1.165) is 11.3 Å². The zero-order valence-corrected chi connectivity index (χ0v) is 10.3. The highest BCUT2D eigenvalue weighted by Gasteiger charge is 2.06. The zero-order chi connectivity index (χ0) is 13.7. The zero-order valence-electron chi connectivity index (χ0n) is 10.3. The Kier molecular flexibility index (Phi) is 4.15. The van der Waals surface area contributed by atoms with Gasteiger partial charge in [-0.2, -0.15) is 0 Å². The molecular formula is C15H15NO3. The van der Waals surface area contributed by atoms with Gasteiger partial charge in [0.2, 0.25) is 0 Å². The van der Waals surface area contributed by atoms with Gasteiger partial charge in [0.25, 0.3) is 0 Å². The Balaban J connectivity index is 1.93. The van der Waals surface area contributed by atoms with Gasteiger partial charge in [0, 0.05) is 12.2 Å². The van der Waals surface area contributed by atoms with Crippen LogP contribution in [-0.4, -0.2) is 22.7 Å². The summed E-state index contributed by atoms with van der Waals surface area (Å²) in [5, 5.41) is 21.8. The molecule has 19 heavy (non-hydrogen) atoms. The molecule has 0 aliphatic carbocycles. The first-order chi connectivity index (χ1) is 9.16. The third-order valence-corrected chi connectivity index (χ3v) is 2.82. The lowest BCUT2D eigenvalue weighted by atomic mass is 10.1. The second kappa shape index (κ2) is 6.02. The van der Waals surface area contributed by atoms with Gasteiger partial charge in [0.05, 0.1) is 11.7 Å². The molecule has 3 N–H and O–H groups in total. The number of aliphatic hydroxyl groups excluding tert-OH is 1. The first-order valence-corrected chi connectivity index (χ1v) is 5.97. The van der Waals surface area contributed by atoms with E-state index in [1.807, 2.05) is 30.3 Å². The van der Waals surface area contributed by atoms with Crippen molar-refractivity contribution in [2.24, 2.45) is 0 Å². The molecule has 0 spiro atoms. The van der Waals surface area contributed by atoms with E-state index in [4.69, 9.17) is 5.11 Å². The topological polar surface area (TPSA) is 69.6 Å². The van der Waals surface area contributed by atoms with Crippen molar-refractivity contribution in [3.8, 4) is 0 Å². The SMILES string of the molecule is O=C(O)c1ccc(NCC(O)c2ccccc2)cc1. The van der Waals surface area contributed by atoms with E-state index in [-0.39, 0.29) is 5.56 Å². The van der Waals surface area contributed by atoms with Crippen molar-refractivity contribution in [3.05, 3.63) is 65.7 Å². The molecule has 1 unspecified atom stereocenters.